The molecule has 0 bridgehead atoms. The van der Waals surface area contributed by atoms with Crippen molar-refractivity contribution in [3.63, 3.8) is 0 Å². The lowest BCUT2D eigenvalue weighted by molar-refractivity contribution is 0.414. The third-order valence-corrected chi connectivity index (χ3v) is 4.35. The van der Waals surface area contributed by atoms with Crippen molar-refractivity contribution in [1.29, 1.82) is 0 Å². The molecule has 0 aromatic heterocycles. The molecule has 0 saturated carbocycles. The molecule has 0 amide bonds. The van der Waals surface area contributed by atoms with E-state index in [0.29, 0.717) is 5.92 Å². The van der Waals surface area contributed by atoms with Gasteiger partial charge in [0.25, 0.3) is 0 Å². The maximum Gasteiger partial charge on any atom is 0.193 e. The number of nitrogens with zero attached hydrogens (tertiary/aromatic N) is 2. The van der Waals surface area contributed by atoms with Gasteiger partial charge < -0.3 is 20.3 Å². The van der Waals surface area contributed by atoms with Crippen LogP contribution in [-0.2, 0) is 0 Å². The van der Waals surface area contributed by atoms with Gasteiger partial charge in [0, 0.05) is 44.7 Å². The standard InChI is InChI=1S/C19H32N4O/c1-19(2,3)22-12-11-21-18(20-4)23-13-10-16(14-23)15-6-8-17(24-5)9-7-15/h6-9,16,22H,10-14H2,1-5H3,(H,20,21). The van der Waals surface area contributed by atoms with Crippen molar-refractivity contribution >= 4 is 5.96 Å². The minimum absolute atomic E-state index is 0.151. The van der Waals surface area contributed by atoms with Crippen LogP contribution in [0.15, 0.2) is 29.3 Å². The average Bonchev–Trinajstić information content (AvgIpc) is 3.04. The molecule has 1 aromatic rings. The Morgan fingerprint density at radius 3 is 2.54 bits per heavy atom. The fourth-order valence-corrected chi connectivity index (χ4v) is 3.04. The number of rotatable bonds is 5. The van der Waals surface area contributed by atoms with Crippen molar-refractivity contribution in [3.05, 3.63) is 29.8 Å². The van der Waals surface area contributed by atoms with Crippen LogP contribution in [0.4, 0.5) is 0 Å². The summed E-state index contributed by atoms with van der Waals surface area (Å²) in [4.78, 5) is 6.80. The molecule has 1 heterocycles. The van der Waals surface area contributed by atoms with Gasteiger partial charge in [0.2, 0.25) is 0 Å². The fourth-order valence-electron chi connectivity index (χ4n) is 3.04. The molecule has 0 spiro atoms. The molecule has 1 saturated heterocycles. The van der Waals surface area contributed by atoms with Gasteiger partial charge in [-0.1, -0.05) is 12.1 Å². The van der Waals surface area contributed by atoms with E-state index in [2.05, 4.69) is 53.4 Å². The molecule has 2 N–H and O–H groups in total. The van der Waals surface area contributed by atoms with E-state index in [-0.39, 0.29) is 5.54 Å². The van der Waals surface area contributed by atoms with Gasteiger partial charge in [-0.25, -0.2) is 0 Å². The van der Waals surface area contributed by atoms with Gasteiger partial charge in [0.15, 0.2) is 5.96 Å². The first-order valence-corrected chi connectivity index (χ1v) is 8.77. The third-order valence-electron chi connectivity index (χ3n) is 4.35. The molecule has 24 heavy (non-hydrogen) atoms. The minimum Gasteiger partial charge on any atom is -0.497 e. The van der Waals surface area contributed by atoms with Gasteiger partial charge in [0.05, 0.1) is 7.11 Å². The van der Waals surface area contributed by atoms with Crippen molar-refractivity contribution in [2.75, 3.05) is 40.3 Å². The SMILES string of the molecule is CN=C(NCCNC(C)(C)C)N1CCC(c2ccc(OC)cc2)C1. The molecule has 1 fully saturated rings. The summed E-state index contributed by atoms with van der Waals surface area (Å²) < 4.78 is 5.24. The molecule has 5 heteroatoms. The lowest BCUT2D eigenvalue weighted by atomic mass is 9.98. The second-order valence-corrected chi connectivity index (χ2v) is 7.36. The molecule has 1 unspecified atom stereocenters. The summed E-state index contributed by atoms with van der Waals surface area (Å²) in [7, 11) is 3.57. The second-order valence-electron chi connectivity index (χ2n) is 7.36. The molecule has 1 aliphatic rings. The van der Waals surface area contributed by atoms with E-state index in [1.807, 2.05) is 19.2 Å². The monoisotopic (exact) mass is 332 g/mol. The van der Waals surface area contributed by atoms with Crippen molar-refractivity contribution in [2.24, 2.45) is 4.99 Å². The quantitative estimate of drug-likeness (QED) is 0.494. The molecule has 2 rings (SSSR count). The fraction of sp³-hybridized carbons (Fsp3) is 0.632. The van der Waals surface area contributed by atoms with E-state index < -0.39 is 0 Å². The van der Waals surface area contributed by atoms with Crippen molar-refractivity contribution in [2.45, 2.75) is 38.6 Å². The van der Waals surface area contributed by atoms with E-state index in [9.17, 15) is 0 Å². The summed E-state index contributed by atoms with van der Waals surface area (Å²) in [5.74, 6) is 2.47. The number of aliphatic imine (C=N–C) groups is 1. The Hall–Kier alpha value is -1.75. The number of methoxy groups -OCH3 is 1. The molecule has 134 valence electrons. The van der Waals surface area contributed by atoms with Gasteiger partial charge in [-0.15, -0.1) is 0 Å². The number of nitrogens with one attached hydrogen (secondary N) is 2. The zero-order valence-electron chi connectivity index (χ0n) is 15.7. The first-order chi connectivity index (χ1) is 11.4. The number of ether oxygens (including phenoxy) is 1. The van der Waals surface area contributed by atoms with Crippen molar-refractivity contribution in [3.8, 4) is 5.75 Å². The van der Waals surface area contributed by atoms with Crippen LogP contribution in [0.3, 0.4) is 0 Å². The zero-order valence-corrected chi connectivity index (χ0v) is 15.7. The predicted octanol–water partition coefficient (Wildman–Crippen LogP) is 2.45. The van der Waals surface area contributed by atoms with Crippen LogP contribution in [0, 0.1) is 0 Å². The molecule has 1 aromatic carbocycles. The first-order valence-electron chi connectivity index (χ1n) is 8.77. The van der Waals surface area contributed by atoms with Crippen LogP contribution in [0.2, 0.25) is 0 Å². The van der Waals surface area contributed by atoms with Crippen molar-refractivity contribution in [1.82, 2.24) is 15.5 Å². The van der Waals surface area contributed by atoms with Crippen LogP contribution in [0.5, 0.6) is 5.75 Å². The number of guanidine groups is 1. The predicted molar refractivity (Wildman–Crippen MR) is 101 cm³/mol. The average molecular weight is 332 g/mol. The zero-order chi connectivity index (χ0) is 17.6. The van der Waals surface area contributed by atoms with E-state index in [4.69, 9.17) is 4.74 Å². The lowest BCUT2D eigenvalue weighted by Gasteiger charge is -2.24. The summed E-state index contributed by atoms with van der Waals surface area (Å²) in [5, 5.41) is 6.96. The number of hydrogen-bond acceptors (Lipinski definition) is 3. The molecular formula is C19H32N4O. The van der Waals surface area contributed by atoms with Crippen LogP contribution in [-0.4, -0.2) is 56.7 Å². The summed E-state index contributed by atoms with van der Waals surface area (Å²) in [5.41, 5.74) is 1.53. The number of likely N-dealkylation sites (tertiary alicyclic amines) is 1. The van der Waals surface area contributed by atoms with Crippen LogP contribution in [0.25, 0.3) is 0 Å². The number of hydrogen-bond donors (Lipinski definition) is 2. The normalized spacial score (nSPS) is 18.8. The Bertz CT molecular complexity index is 533. The highest BCUT2D eigenvalue weighted by molar-refractivity contribution is 5.80. The molecule has 1 atom stereocenters. The highest BCUT2D eigenvalue weighted by Crippen LogP contribution is 2.28. The summed E-state index contributed by atoms with van der Waals surface area (Å²) in [6.07, 6.45) is 1.16. The van der Waals surface area contributed by atoms with Crippen LogP contribution in [0.1, 0.15) is 38.7 Å². The Morgan fingerprint density at radius 1 is 1.25 bits per heavy atom. The third kappa shape index (κ3) is 5.41. The Kier molecular flexibility index (Phi) is 6.49. The van der Waals surface area contributed by atoms with E-state index >= 15 is 0 Å². The Balaban J connectivity index is 1.83. The number of benzene rings is 1. The second kappa shape index (κ2) is 8.38. The van der Waals surface area contributed by atoms with Gasteiger partial charge in [0.1, 0.15) is 5.75 Å². The summed E-state index contributed by atoms with van der Waals surface area (Å²) in [6, 6.07) is 8.44. The van der Waals surface area contributed by atoms with Gasteiger partial charge in [-0.2, -0.15) is 0 Å². The van der Waals surface area contributed by atoms with Gasteiger partial charge >= 0.3 is 0 Å². The molecule has 1 aliphatic heterocycles. The molecule has 0 radical (unpaired) electrons. The lowest BCUT2D eigenvalue weighted by Crippen LogP contribution is -2.45. The van der Waals surface area contributed by atoms with Crippen molar-refractivity contribution < 1.29 is 4.74 Å². The van der Waals surface area contributed by atoms with E-state index in [1.165, 1.54) is 5.56 Å². The van der Waals surface area contributed by atoms with Crippen LogP contribution < -0.4 is 15.4 Å². The Morgan fingerprint density at radius 2 is 1.96 bits per heavy atom. The summed E-state index contributed by atoms with van der Waals surface area (Å²) >= 11 is 0. The topological polar surface area (TPSA) is 48.9 Å². The highest BCUT2D eigenvalue weighted by atomic mass is 16.5. The summed E-state index contributed by atoms with van der Waals surface area (Å²) in [6.45, 7) is 10.4. The molecule has 5 nitrogen and oxygen atoms in total. The first kappa shape index (κ1) is 18.6. The maximum absolute atomic E-state index is 5.24. The van der Waals surface area contributed by atoms with E-state index in [1.54, 1.807) is 7.11 Å². The largest absolute Gasteiger partial charge is 0.497 e. The van der Waals surface area contributed by atoms with E-state index in [0.717, 1.165) is 44.3 Å². The smallest absolute Gasteiger partial charge is 0.193 e. The van der Waals surface area contributed by atoms with Gasteiger partial charge in [-0.05, 0) is 44.9 Å². The molecule has 0 aliphatic carbocycles. The highest BCUT2D eigenvalue weighted by Gasteiger charge is 2.26. The Labute approximate surface area is 146 Å². The van der Waals surface area contributed by atoms with Crippen LogP contribution >= 0.6 is 0 Å². The van der Waals surface area contributed by atoms with Gasteiger partial charge in [-0.3, -0.25) is 4.99 Å². The minimum atomic E-state index is 0.151. The maximum atomic E-state index is 5.24. The molecular weight excluding hydrogens is 300 g/mol.